The molecule has 162 valence electrons. The molecule has 3 amide bonds. The number of carbonyl (C=O) groups is 3. The fourth-order valence-electron chi connectivity index (χ4n) is 4.26. The van der Waals surface area contributed by atoms with Crippen molar-refractivity contribution in [2.75, 3.05) is 29.9 Å². The van der Waals surface area contributed by atoms with Gasteiger partial charge in [-0.2, -0.15) is 0 Å². The lowest BCUT2D eigenvalue weighted by atomic mass is 9.94. The van der Waals surface area contributed by atoms with Gasteiger partial charge in [0, 0.05) is 42.1 Å². The number of hydrogen-bond donors (Lipinski definition) is 1. The molecule has 6 nitrogen and oxygen atoms in total. The zero-order valence-electron chi connectivity index (χ0n) is 17.5. The SMILES string of the molecule is Cc1ccc(N2C[C@@H](C(=O)N3CCC(C(=O)Nc4ccccc4Br)CC3)CC2=O)cc1. The van der Waals surface area contributed by atoms with E-state index in [-0.39, 0.29) is 36.0 Å². The van der Waals surface area contributed by atoms with Crippen LogP contribution in [-0.2, 0) is 14.4 Å². The Morgan fingerprint density at radius 1 is 1.00 bits per heavy atom. The molecule has 2 aliphatic heterocycles. The van der Waals surface area contributed by atoms with Gasteiger partial charge < -0.3 is 15.1 Å². The third kappa shape index (κ3) is 4.82. The average molecular weight is 484 g/mol. The van der Waals surface area contributed by atoms with Crippen molar-refractivity contribution < 1.29 is 14.4 Å². The first-order valence-electron chi connectivity index (χ1n) is 10.6. The Morgan fingerprint density at radius 3 is 2.35 bits per heavy atom. The summed E-state index contributed by atoms with van der Waals surface area (Å²) in [6.07, 6.45) is 1.50. The molecule has 0 radical (unpaired) electrons. The monoisotopic (exact) mass is 483 g/mol. The van der Waals surface area contributed by atoms with Gasteiger partial charge in [0.25, 0.3) is 0 Å². The van der Waals surface area contributed by atoms with Crippen LogP contribution in [0.3, 0.4) is 0 Å². The average Bonchev–Trinajstić information content (AvgIpc) is 3.17. The highest BCUT2D eigenvalue weighted by atomic mass is 79.9. The van der Waals surface area contributed by atoms with Gasteiger partial charge in [0.05, 0.1) is 11.6 Å². The Bertz CT molecular complexity index is 984. The Hall–Kier alpha value is -2.67. The van der Waals surface area contributed by atoms with E-state index in [0.29, 0.717) is 32.5 Å². The van der Waals surface area contributed by atoms with Gasteiger partial charge in [0.1, 0.15) is 0 Å². The van der Waals surface area contributed by atoms with Crippen molar-refractivity contribution in [2.45, 2.75) is 26.2 Å². The van der Waals surface area contributed by atoms with E-state index in [9.17, 15) is 14.4 Å². The number of likely N-dealkylation sites (tertiary alicyclic amines) is 1. The first-order chi connectivity index (χ1) is 14.9. The zero-order chi connectivity index (χ0) is 22.0. The summed E-state index contributed by atoms with van der Waals surface area (Å²) in [6.45, 7) is 3.51. The van der Waals surface area contributed by atoms with Crippen LogP contribution in [0.2, 0.25) is 0 Å². The van der Waals surface area contributed by atoms with Crippen molar-refractivity contribution in [1.29, 1.82) is 0 Å². The second kappa shape index (κ2) is 9.22. The van der Waals surface area contributed by atoms with Gasteiger partial charge in [0.2, 0.25) is 17.7 Å². The molecule has 1 atom stereocenters. The zero-order valence-corrected chi connectivity index (χ0v) is 19.1. The smallest absolute Gasteiger partial charge is 0.228 e. The normalized spacial score (nSPS) is 19.5. The van der Waals surface area contributed by atoms with Gasteiger partial charge in [-0.1, -0.05) is 29.8 Å². The fourth-order valence-corrected chi connectivity index (χ4v) is 4.65. The molecule has 4 rings (SSSR count). The molecule has 0 bridgehead atoms. The van der Waals surface area contributed by atoms with Crippen molar-refractivity contribution in [1.82, 2.24) is 4.90 Å². The van der Waals surface area contributed by atoms with Crippen molar-refractivity contribution in [2.24, 2.45) is 11.8 Å². The number of nitrogens with one attached hydrogen (secondary N) is 1. The van der Waals surface area contributed by atoms with Gasteiger partial charge in [-0.25, -0.2) is 0 Å². The highest BCUT2D eigenvalue weighted by Crippen LogP contribution is 2.29. The maximum Gasteiger partial charge on any atom is 0.228 e. The molecule has 2 aromatic carbocycles. The molecule has 0 aromatic heterocycles. The third-order valence-electron chi connectivity index (χ3n) is 6.13. The van der Waals surface area contributed by atoms with E-state index in [0.717, 1.165) is 21.4 Å². The quantitative estimate of drug-likeness (QED) is 0.714. The number of para-hydroxylation sites is 1. The van der Waals surface area contributed by atoms with Gasteiger partial charge in [-0.15, -0.1) is 0 Å². The molecule has 2 fully saturated rings. The number of rotatable bonds is 4. The molecule has 0 saturated carbocycles. The molecule has 31 heavy (non-hydrogen) atoms. The van der Waals surface area contributed by atoms with Crippen LogP contribution in [-0.4, -0.2) is 42.3 Å². The Labute approximate surface area is 190 Å². The number of carbonyl (C=O) groups excluding carboxylic acids is 3. The maximum atomic E-state index is 13.0. The summed E-state index contributed by atoms with van der Waals surface area (Å²) < 4.78 is 0.847. The number of amides is 3. The van der Waals surface area contributed by atoms with E-state index < -0.39 is 0 Å². The lowest BCUT2D eigenvalue weighted by Gasteiger charge is -2.33. The number of piperidine rings is 1. The van der Waals surface area contributed by atoms with Crippen LogP contribution in [0.1, 0.15) is 24.8 Å². The van der Waals surface area contributed by atoms with E-state index in [1.165, 1.54) is 0 Å². The van der Waals surface area contributed by atoms with Gasteiger partial charge in [0.15, 0.2) is 0 Å². The summed E-state index contributed by atoms with van der Waals surface area (Å²) in [6, 6.07) is 15.3. The number of aryl methyl sites for hydroxylation is 1. The van der Waals surface area contributed by atoms with E-state index in [4.69, 9.17) is 0 Å². The minimum Gasteiger partial charge on any atom is -0.342 e. The number of anilines is 2. The Balaban J connectivity index is 1.31. The summed E-state index contributed by atoms with van der Waals surface area (Å²) in [4.78, 5) is 41.7. The Kier molecular flexibility index (Phi) is 6.41. The van der Waals surface area contributed by atoms with Crippen LogP contribution in [0.4, 0.5) is 11.4 Å². The highest BCUT2D eigenvalue weighted by molar-refractivity contribution is 9.10. The molecular formula is C24H26BrN3O3. The molecule has 0 unspecified atom stereocenters. The van der Waals surface area contributed by atoms with Crippen LogP contribution in [0.5, 0.6) is 0 Å². The van der Waals surface area contributed by atoms with E-state index >= 15 is 0 Å². The largest absolute Gasteiger partial charge is 0.342 e. The predicted octanol–water partition coefficient (Wildman–Crippen LogP) is 3.99. The fraction of sp³-hybridized carbons (Fsp3) is 0.375. The van der Waals surface area contributed by atoms with E-state index in [2.05, 4.69) is 21.2 Å². The van der Waals surface area contributed by atoms with Crippen LogP contribution in [0.25, 0.3) is 0 Å². The number of hydrogen-bond acceptors (Lipinski definition) is 3. The second-order valence-corrected chi connectivity index (χ2v) is 9.16. The summed E-state index contributed by atoms with van der Waals surface area (Å²) >= 11 is 3.45. The van der Waals surface area contributed by atoms with Crippen LogP contribution in [0.15, 0.2) is 53.0 Å². The van der Waals surface area contributed by atoms with Crippen molar-refractivity contribution in [3.63, 3.8) is 0 Å². The molecule has 1 N–H and O–H groups in total. The summed E-state index contributed by atoms with van der Waals surface area (Å²) in [5.74, 6) is -0.442. The van der Waals surface area contributed by atoms with E-state index in [1.807, 2.05) is 60.4 Å². The van der Waals surface area contributed by atoms with Crippen molar-refractivity contribution in [3.8, 4) is 0 Å². The summed E-state index contributed by atoms with van der Waals surface area (Å²) in [5.41, 5.74) is 2.73. The first kappa shape index (κ1) is 21.6. The number of nitrogens with zero attached hydrogens (tertiary/aromatic N) is 2. The minimum absolute atomic E-state index is 0.00935. The molecule has 2 saturated heterocycles. The Morgan fingerprint density at radius 2 is 1.68 bits per heavy atom. The van der Waals surface area contributed by atoms with Crippen molar-refractivity contribution >= 4 is 45.0 Å². The van der Waals surface area contributed by atoms with Gasteiger partial charge in [-0.3, -0.25) is 14.4 Å². The third-order valence-corrected chi connectivity index (χ3v) is 6.82. The summed E-state index contributed by atoms with van der Waals surface area (Å²) in [7, 11) is 0. The number of benzene rings is 2. The minimum atomic E-state index is -0.320. The maximum absolute atomic E-state index is 13.0. The molecule has 0 aliphatic carbocycles. The molecule has 7 heteroatoms. The molecular weight excluding hydrogens is 458 g/mol. The predicted molar refractivity (Wildman–Crippen MR) is 124 cm³/mol. The first-order valence-corrected chi connectivity index (χ1v) is 11.4. The summed E-state index contributed by atoms with van der Waals surface area (Å²) in [5, 5.41) is 2.97. The second-order valence-electron chi connectivity index (χ2n) is 8.31. The molecule has 2 heterocycles. The van der Waals surface area contributed by atoms with Crippen LogP contribution in [0, 0.1) is 18.8 Å². The molecule has 0 spiro atoms. The standard InChI is InChI=1S/C24H26BrN3O3/c1-16-6-8-19(9-7-16)28-15-18(14-22(28)29)24(31)27-12-10-17(11-13-27)23(30)26-21-5-3-2-4-20(21)25/h2-9,17-18H,10-15H2,1H3,(H,26,30)/t18-/m0/s1. The molecule has 2 aromatic rings. The van der Waals surface area contributed by atoms with E-state index in [1.54, 1.807) is 4.90 Å². The lowest BCUT2D eigenvalue weighted by molar-refractivity contribution is -0.138. The topological polar surface area (TPSA) is 69.7 Å². The van der Waals surface area contributed by atoms with Gasteiger partial charge in [-0.05, 0) is 60.0 Å². The molecule has 2 aliphatic rings. The van der Waals surface area contributed by atoms with Crippen LogP contribution >= 0.6 is 15.9 Å². The van der Waals surface area contributed by atoms with Crippen LogP contribution < -0.4 is 10.2 Å². The number of halogens is 1. The lowest BCUT2D eigenvalue weighted by Crippen LogP contribution is -2.44. The highest BCUT2D eigenvalue weighted by Gasteiger charge is 2.38. The van der Waals surface area contributed by atoms with Gasteiger partial charge >= 0.3 is 0 Å². The van der Waals surface area contributed by atoms with Crippen molar-refractivity contribution in [3.05, 3.63) is 58.6 Å².